The number of hydrogen-bond acceptors (Lipinski definition) is 4. The largest absolute Gasteiger partial charge is 0.391 e. The van der Waals surface area contributed by atoms with Crippen molar-refractivity contribution in [1.29, 1.82) is 0 Å². The standard InChI is InChI=1S/C19H22F3N3O2/c1-10-23-17-16(18(26)25(10)2)14(12-7-13(8-12)19(20,21)22)9-15(24-17)11-3-5-27-6-4-11/h9,11-13H,3-8H2,1-2H3. The van der Waals surface area contributed by atoms with Crippen LogP contribution < -0.4 is 5.56 Å². The Morgan fingerprint density at radius 2 is 1.81 bits per heavy atom. The lowest BCUT2D eigenvalue weighted by Crippen LogP contribution is -2.35. The van der Waals surface area contributed by atoms with Crippen LogP contribution >= 0.6 is 0 Å². The molecule has 4 rings (SSSR count). The van der Waals surface area contributed by atoms with Gasteiger partial charge in [-0.15, -0.1) is 0 Å². The van der Waals surface area contributed by atoms with E-state index in [0.29, 0.717) is 35.6 Å². The van der Waals surface area contributed by atoms with Crippen LogP contribution in [0.25, 0.3) is 11.0 Å². The molecule has 1 aliphatic heterocycles. The molecule has 0 spiro atoms. The molecule has 2 aromatic heterocycles. The minimum absolute atomic E-state index is 0.0207. The average molecular weight is 381 g/mol. The van der Waals surface area contributed by atoms with Crippen molar-refractivity contribution < 1.29 is 17.9 Å². The van der Waals surface area contributed by atoms with E-state index in [1.165, 1.54) is 4.57 Å². The quantitative estimate of drug-likeness (QED) is 0.798. The number of hydrogen-bond donors (Lipinski definition) is 0. The highest BCUT2D eigenvalue weighted by Crippen LogP contribution is 2.50. The molecule has 0 aromatic carbocycles. The lowest BCUT2D eigenvalue weighted by atomic mass is 9.70. The Hall–Kier alpha value is -1.96. The van der Waals surface area contributed by atoms with Crippen LogP contribution in [0.1, 0.15) is 54.6 Å². The van der Waals surface area contributed by atoms with E-state index in [0.717, 1.165) is 18.5 Å². The van der Waals surface area contributed by atoms with Crippen LogP contribution in [0.2, 0.25) is 0 Å². The number of aromatic nitrogens is 3. The first-order valence-corrected chi connectivity index (χ1v) is 9.28. The summed E-state index contributed by atoms with van der Waals surface area (Å²) < 4.78 is 45.7. The lowest BCUT2D eigenvalue weighted by Gasteiger charge is -2.37. The second kappa shape index (κ2) is 6.58. The zero-order valence-electron chi connectivity index (χ0n) is 15.3. The molecule has 0 N–H and O–H groups in total. The molecule has 3 heterocycles. The molecule has 27 heavy (non-hydrogen) atoms. The number of rotatable bonds is 2. The Bertz CT molecular complexity index is 926. The van der Waals surface area contributed by atoms with Gasteiger partial charge in [-0.05, 0) is 50.2 Å². The molecule has 1 saturated carbocycles. The monoisotopic (exact) mass is 381 g/mol. The molecule has 146 valence electrons. The summed E-state index contributed by atoms with van der Waals surface area (Å²) in [5, 5.41) is 0.365. The second-order valence-electron chi connectivity index (χ2n) is 7.65. The predicted octanol–water partition coefficient (Wildman–Crippen LogP) is 3.59. The Kier molecular flexibility index (Phi) is 4.49. The van der Waals surface area contributed by atoms with E-state index in [1.54, 1.807) is 14.0 Å². The molecule has 1 aliphatic carbocycles. The van der Waals surface area contributed by atoms with Gasteiger partial charge in [0.2, 0.25) is 0 Å². The summed E-state index contributed by atoms with van der Waals surface area (Å²) >= 11 is 0. The minimum atomic E-state index is -4.18. The first-order chi connectivity index (χ1) is 12.8. The summed E-state index contributed by atoms with van der Waals surface area (Å²) in [6.45, 7) is 3.01. The van der Waals surface area contributed by atoms with E-state index < -0.39 is 12.1 Å². The van der Waals surface area contributed by atoms with Crippen molar-refractivity contribution >= 4 is 11.0 Å². The highest BCUT2D eigenvalue weighted by Gasteiger charge is 2.48. The molecule has 0 atom stereocenters. The van der Waals surface area contributed by atoms with E-state index in [1.807, 2.05) is 6.07 Å². The second-order valence-corrected chi connectivity index (χ2v) is 7.65. The molecule has 2 aliphatic rings. The van der Waals surface area contributed by atoms with Gasteiger partial charge >= 0.3 is 6.18 Å². The third-order valence-corrected chi connectivity index (χ3v) is 6.00. The van der Waals surface area contributed by atoms with Crippen molar-refractivity contribution in [2.75, 3.05) is 13.2 Å². The summed E-state index contributed by atoms with van der Waals surface area (Å²) in [6.07, 6.45) is -2.50. The lowest BCUT2D eigenvalue weighted by molar-refractivity contribution is -0.197. The van der Waals surface area contributed by atoms with Crippen molar-refractivity contribution in [3.05, 3.63) is 33.5 Å². The molecule has 1 saturated heterocycles. The zero-order valence-corrected chi connectivity index (χ0v) is 15.3. The van der Waals surface area contributed by atoms with Crippen molar-refractivity contribution in [2.24, 2.45) is 13.0 Å². The first-order valence-electron chi connectivity index (χ1n) is 9.28. The van der Waals surface area contributed by atoms with Crippen LogP contribution in [0.4, 0.5) is 13.2 Å². The molecule has 2 aromatic rings. The number of halogens is 3. The maximum atomic E-state index is 13.0. The summed E-state index contributed by atoms with van der Waals surface area (Å²) in [5.41, 5.74) is 1.60. The van der Waals surface area contributed by atoms with E-state index in [9.17, 15) is 18.0 Å². The van der Waals surface area contributed by atoms with E-state index >= 15 is 0 Å². The molecule has 0 amide bonds. The molecule has 5 nitrogen and oxygen atoms in total. The molecule has 2 fully saturated rings. The van der Waals surface area contributed by atoms with Crippen LogP contribution in [0.15, 0.2) is 10.9 Å². The normalized spacial score (nSPS) is 24.2. The molecular formula is C19H22F3N3O2. The highest BCUT2D eigenvalue weighted by atomic mass is 19.4. The predicted molar refractivity (Wildman–Crippen MR) is 93.8 cm³/mol. The first kappa shape index (κ1) is 18.4. The fraction of sp³-hybridized carbons (Fsp3) is 0.632. The van der Waals surface area contributed by atoms with Crippen LogP contribution in [0, 0.1) is 12.8 Å². The average Bonchev–Trinajstić information content (AvgIpc) is 2.57. The van der Waals surface area contributed by atoms with Gasteiger partial charge in [-0.1, -0.05) is 0 Å². The van der Waals surface area contributed by atoms with Crippen LogP contribution in [0.3, 0.4) is 0 Å². The number of ether oxygens (including phenoxy) is 1. The van der Waals surface area contributed by atoms with E-state index in [4.69, 9.17) is 4.74 Å². The van der Waals surface area contributed by atoms with Gasteiger partial charge in [-0.2, -0.15) is 13.2 Å². The van der Waals surface area contributed by atoms with Gasteiger partial charge < -0.3 is 4.74 Å². The zero-order chi connectivity index (χ0) is 19.3. The van der Waals surface area contributed by atoms with Gasteiger partial charge in [-0.3, -0.25) is 9.36 Å². The third kappa shape index (κ3) is 3.24. The maximum Gasteiger partial charge on any atom is 0.391 e. The number of alkyl halides is 3. The number of fused-ring (bicyclic) bond motifs is 1. The Morgan fingerprint density at radius 3 is 2.44 bits per heavy atom. The topological polar surface area (TPSA) is 57.0 Å². The smallest absolute Gasteiger partial charge is 0.381 e. The number of nitrogens with zero attached hydrogens (tertiary/aromatic N) is 3. The summed E-state index contributed by atoms with van der Waals surface area (Å²) in [6, 6.07) is 1.86. The summed E-state index contributed by atoms with van der Waals surface area (Å²) in [7, 11) is 1.62. The van der Waals surface area contributed by atoms with Gasteiger partial charge in [0.1, 0.15) is 5.82 Å². The van der Waals surface area contributed by atoms with Crippen LogP contribution in [-0.2, 0) is 11.8 Å². The highest BCUT2D eigenvalue weighted by molar-refractivity contribution is 5.79. The Labute approximate surface area is 154 Å². The summed E-state index contributed by atoms with van der Waals surface area (Å²) in [5.74, 6) is -0.846. The van der Waals surface area contributed by atoms with E-state index in [2.05, 4.69) is 9.97 Å². The minimum Gasteiger partial charge on any atom is -0.381 e. The van der Waals surface area contributed by atoms with Crippen LogP contribution in [-0.4, -0.2) is 33.9 Å². The van der Waals surface area contributed by atoms with Crippen molar-refractivity contribution in [2.45, 2.75) is 50.6 Å². The van der Waals surface area contributed by atoms with Crippen molar-refractivity contribution in [3.8, 4) is 0 Å². The fourth-order valence-electron chi connectivity index (χ4n) is 4.08. The van der Waals surface area contributed by atoms with E-state index in [-0.39, 0.29) is 30.2 Å². The SMILES string of the molecule is Cc1nc2nc(C3CCOCC3)cc(C3CC(C(F)(F)F)C3)c2c(=O)n1C. The van der Waals surface area contributed by atoms with Crippen LogP contribution in [0.5, 0.6) is 0 Å². The third-order valence-electron chi connectivity index (χ3n) is 6.00. The molecule has 0 unspecified atom stereocenters. The number of aryl methyl sites for hydroxylation is 1. The molecule has 8 heteroatoms. The van der Waals surface area contributed by atoms with Gasteiger partial charge in [0.05, 0.1) is 11.3 Å². The fourth-order valence-corrected chi connectivity index (χ4v) is 4.08. The molecule has 0 radical (unpaired) electrons. The molecular weight excluding hydrogens is 359 g/mol. The Balaban J connectivity index is 1.82. The number of pyridine rings is 1. The van der Waals surface area contributed by atoms with Gasteiger partial charge in [0, 0.05) is 31.9 Å². The van der Waals surface area contributed by atoms with Gasteiger partial charge in [-0.25, -0.2) is 9.97 Å². The van der Waals surface area contributed by atoms with Crippen molar-refractivity contribution in [3.63, 3.8) is 0 Å². The van der Waals surface area contributed by atoms with Gasteiger partial charge in [0.15, 0.2) is 5.65 Å². The Morgan fingerprint density at radius 1 is 1.15 bits per heavy atom. The maximum absolute atomic E-state index is 13.0. The summed E-state index contributed by atoms with van der Waals surface area (Å²) in [4.78, 5) is 21.9. The van der Waals surface area contributed by atoms with Gasteiger partial charge in [0.25, 0.3) is 5.56 Å². The molecule has 0 bridgehead atoms. The van der Waals surface area contributed by atoms with Crippen molar-refractivity contribution in [1.82, 2.24) is 14.5 Å².